The van der Waals surface area contributed by atoms with Gasteiger partial charge in [-0.3, -0.25) is 4.79 Å². The molecule has 0 rings (SSSR count). The summed E-state index contributed by atoms with van der Waals surface area (Å²) in [6.07, 6.45) is 6.36. The highest BCUT2D eigenvalue weighted by Crippen LogP contribution is 2.07. The molecule has 53 valence electrons. The second-order valence-corrected chi connectivity index (χ2v) is 3.19. The lowest BCUT2D eigenvalue weighted by atomic mass is 10.2. The maximum absolute atomic E-state index is 9.93. The molecular weight excluding hydrogens is 180 g/mol. The number of rotatable bonds is 5. The van der Waals surface area contributed by atoms with Crippen molar-refractivity contribution in [2.45, 2.75) is 37.4 Å². The molecular formula is C7H12BrO. The quantitative estimate of drug-likeness (QED) is 0.483. The van der Waals surface area contributed by atoms with E-state index in [9.17, 15) is 4.79 Å². The summed E-state index contributed by atoms with van der Waals surface area (Å²) >= 11 is 3.18. The lowest BCUT2D eigenvalue weighted by molar-refractivity contribution is 0.548. The van der Waals surface area contributed by atoms with Crippen molar-refractivity contribution in [3.05, 3.63) is 0 Å². The van der Waals surface area contributed by atoms with E-state index in [1.165, 1.54) is 12.8 Å². The number of alkyl halides is 1. The van der Waals surface area contributed by atoms with Gasteiger partial charge in [-0.1, -0.05) is 42.1 Å². The molecule has 1 nitrogen and oxygen atoms in total. The van der Waals surface area contributed by atoms with Gasteiger partial charge in [0.1, 0.15) is 0 Å². The minimum absolute atomic E-state index is 0.0379. The van der Waals surface area contributed by atoms with Crippen molar-refractivity contribution in [1.29, 1.82) is 0 Å². The summed E-state index contributed by atoms with van der Waals surface area (Å²) < 4.78 is 0. The lowest BCUT2D eigenvalue weighted by Crippen LogP contribution is -1.97. The molecule has 0 aliphatic rings. The van der Waals surface area contributed by atoms with Crippen LogP contribution < -0.4 is 0 Å². The highest BCUT2D eigenvalue weighted by Gasteiger charge is 2.00. The molecule has 0 aromatic rings. The van der Waals surface area contributed by atoms with Gasteiger partial charge in [-0.05, 0) is 6.42 Å². The lowest BCUT2D eigenvalue weighted by Gasteiger charge is -1.97. The van der Waals surface area contributed by atoms with E-state index in [0.29, 0.717) is 0 Å². The van der Waals surface area contributed by atoms with E-state index in [1.54, 1.807) is 0 Å². The molecule has 0 aliphatic carbocycles. The smallest absolute Gasteiger partial charge is 0.213 e. The number of unbranched alkanes of at least 4 members (excludes halogenated alkanes) is 2. The van der Waals surface area contributed by atoms with Crippen molar-refractivity contribution in [2.24, 2.45) is 0 Å². The number of halogens is 1. The van der Waals surface area contributed by atoms with Crippen LogP contribution in [0, 0.1) is 0 Å². The molecule has 0 aromatic carbocycles. The SMILES string of the molecule is CCCCCC(Br)[C]=O. The van der Waals surface area contributed by atoms with Gasteiger partial charge >= 0.3 is 0 Å². The number of hydrogen-bond donors (Lipinski definition) is 0. The Labute approximate surface area is 65.0 Å². The normalized spacial score (nSPS) is 13.1. The molecule has 1 radical (unpaired) electrons. The van der Waals surface area contributed by atoms with Crippen molar-refractivity contribution in [2.75, 3.05) is 0 Å². The summed E-state index contributed by atoms with van der Waals surface area (Å²) in [4.78, 5) is 9.89. The second kappa shape index (κ2) is 6.27. The van der Waals surface area contributed by atoms with Crippen LogP contribution in [-0.2, 0) is 4.79 Å². The van der Waals surface area contributed by atoms with Crippen LogP contribution in [0.3, 0.4) is 0 Å². The van der Waals surface area contributed by atoms with Gasteiger partial charge in [0.25, 0.3) is 0 Å². The molecule has 0 aliphatic heterocycles. The van der Waals surface area contributed by atoms with Crippen molar-refractivity contribution in [3.63, 3.8) is 0 Å². The Morgan fingerprint density at radius 1 is 1.56 bits per heavy atom. The van der Waals surface area contributed by atoms with Gasteiger partial charge in [-0.25, -0.2) is 0 Å². The fourth-order valence-corrected chi connectivity index (χ4v) is 0.956. The van der Waals surface area contributed by atoms with Gasteiger partial charge in [0.05, 0.1) is 4.83 Å². The Hall–Kier alpha value is 0.150. The molecule has 0 spiro atoms. The molecule has 0 saturated heterocycles. The molecule has 0 saturated carbocycles. The van der Waals surface area contributed by atoms with Crippen LogP contribution in [0.4, 0.5) is 0 Å². The van der Waals surface area contributed by atoms with Crippen LogP contribution in [0.1, 0.15) is 32.6 Å². The van der Waals surface area contributed by atoms with Gasteiger partial charge in [-0.2, -0.15) is 0 Å². The van der Waals surface area contributed by atoms with Gasteiger partial charge in [0, 0.05) is 0 Å². The average Bonchev–Trinajstić information content (AvgIpc) is 1.89. The van der Waals surface area contributed by atoms with E-state index >= 15 is 0 Å². The van der Waals surface area contributed by atoms with Crippen LogP contribution in [0.5, 0.6) is 0 Å². The maximum atomic E-state index is 9.93. The first-order valence-corrected chi connectivity index (χ1v) is 4.24. The molecule has 1 unspecified atom stereocenters. The first-order valence-electron chi connectivity index (χ1n) is 3.33. The highest BCUT2D eigenvalue weighted by molar-refractivity contribution is 9.09. The third-order valence-electron chi connectivity index (χ3n) is 1.19. The van der Waals surface area contributed by atoms with Crippen molar-refractivity contribution >= 4 is 22.2 Å². The number of hydrogen-bond acceptors (Lipinski definition) is 1. The predicted molar refractivity (Wildman–Crippen MR) is 42.6 cm³/mol. The monoisotopic (exact) mass is 191 g/mol. The Bertz CT molecular complexity index is 73.3. The van der Waals surface area contributed by atoms with E-state index in [4.69, 9.17) is 0 Å². The zero-order valence-corrected chi connectivity index (χ0v) is 7.28. The van der Waals surface area contributed by atoms with Crippen LogP contribution >= 0.6 is 15.9 Å². The number of carbonyl (C=O) groups excluding carboxylic acids is 1. The maximum Gasteiger partial charge on any atom is 0.213 e. The predicted octanol–water partition coefficient (Wildman–Crippen LogP) is 2.44. The van der Waals surface area contributed by atoms with E-state index < -0.39 is 0 Å². The Morgan fingerprint density at radius 2 is 2.22 bits per heavy atom. The Morgan fingerprint density at radius 3 is 2.67 bits per heavy atom. The van der Waals surface area contributed by atoms with Gasteiger partial charge < -0.3 is 0 Å². The minimum Gasteiger partial charge on any atom is -0.290 e. The van der Waals surface area contributed by atoms with Gasteiger partial charge in [-0.15, -0.1) is 0 Å². The fourth-order valence-electron chi connectivity index (χ4n) is 0.632. The third-order valence-corrected chi connectivity index (χ3v) is 1.83. The molecule has 0 heterocycles. The van der Waals surface area contributed by atoms with Crippen molar-refractivity contribution in [3.8, 4) is 0 Å². The minimum atomic E-state index is -0.0379. The summed E-state index contributed by atoms with van der Waals surface area (Å²) in [5.74, 6) is 0. The first-order chi connectivity index (χ1) is 4.31. The van der Waals surface area contributed by atoms with E-state index in [-0.39, 0.29) is 4.83 Å². The largest absolute Gasteiger partial charge is 0.290 e. The Kier molecular flexibility index (Phi) is 6.38. The van der Waals surface area contributed by atoms with Crippen LogP contribution in [-0.4, -0.2) is 11.1 Å². The summed E-state index contributed by atoms with van der Waals surface area (Å²) in [7, 11) is 0. The first kappa shape index (κ1) is 9.15. The van der Waals surface area contributed by atoms with Gasteiger partial charge in [0.15, 0.2) is 0 Å². The molecule has 0 fully saturated rings. The van der Waals surface area contributed by atoms with E-state index in [1.807, 2.05) is 6.29 Å². The van der Waals surface area contributed by atoms with E-state index in [2.05, 4.69) is 22.9 Å². The standard InChI is InChI=1S/C7H12BrO/c1-2-3-4-5-7(8)6-9/h7H,2-5H2,1H3. The molecule has 0 aromatic heterocycles. The zero-order valence-electron chi connectivity index (χ0n) is 5.69. The fraction of sp³-hybridized carbons (Fsp3) is 0.857. The van der Waals surface area contributed by atoms with Crippen LogP contribution in [0.25, 0.3) is 0 Å². The summed E-state index contributed by atoms with van der Waals surface area (Å²) in [6, 6.07) is 0. The molecule has 0 N–H and O–H groups in total. The molecule has 1 atom stereocenters. The summed E-state index contributed by atoms with van der Waals surface area (Å²) in [6.45, 7) is 2.15. The molecule has 0 amide bonds. The van der Waals surface area contributed by atoms with Crippen LogP contribution in [0.2, 0.25) is 0 Å². The molecule has 9 heavy (non-hydrogen) atoms. The van der Waals surface area contributed by atoms with Gasteiger partial charge in [0.2, 0.25) is 6.29 Å². The van der Waals surface area contributed by atoms with Crippen molar-refractivity contribution in [1.82, 2.24) is 0 Å². The third kappa shape index (κ3) is 6.03. The molecule has 2 heteroatoms. The van der Waals surface area contributed by atoms with Crippen LogP contribution in [0.15, 0.2) is 0 Å². The van der Waals surface area contributed by atoms with Crippen molar-refractivity contribution < 1.29 is 4.79 Å². The second-order valence-electron chi connectivity index (χ2n) is 2.08. The summed E-state index contributed by atoms with van der Waals surface area (Å²) in [5, 5.41) is 0. The summed E-state index contributed by atoms with van der Waals surface area (Å²) in [5.41, 5.74) is 0. The van der Waals surface area contributed by atoms with E-state index in [0.717, 1.165) is 12.8 Å². The average molecular weight is 192 g/mol. The Balaban J connectivity index is 2.96. The zero-order chi connectivity index (χ0) is 7.11. The highest BCUT2D eigenvalue weighted by atomic mass is 79.9. The topological polar surface area (TPSA) is 17.1 Å². The molecule has 0 bridgehead atoms.